The van der Waals surface area contributed by atoms with Crippen LogP contribution in [0.25, 0.3) is 10.8 Å². The van der Waals surface area contributed by atoms with Crippen molar-refractivity contribution in [2.24, 2.45) is 0 Å². The summed E-state index contributed by atoms with van der Waals surface area (Å²) in [6.45, 7) is 2.51. The molecule has 0 amide bonds. The average Bonchev–Trinajstić information content (AvgIpc) is 2.24. The first kappa shape index (κ1) is 10.2. The zero-order valence-corrected chi connectivity index (χ0v) is 9.80. The number of nitrogens with one attached hydrogen (secondary N) is 1. The number of hydrogen-bond acceptors (Lipinski definition) is 2. The Labute approximate surface area is 95.2 Å². The van der Waals surface area contributed by atoms with Crippen molar-refractivity contribution in [1.29, 1.82) is 0 Å². The third-order valence-corrected chi connectivity index (χ3v) is 2.79. The molecular weight excluding hydrogens is 258 g/mol. The summed E-state index contributed by atoms with van der Waals surface area (Å²) < 4.78 is 6.22. The Bertz CT molecular complexity index is 548. The monoisotopic (exact) mass is 267 g/mol. The van der Waals surface area contributed by atoms with Crippen molar-refractivity contribution < 1.29 is 4.74 Å². The Morgan fingerprint density at radius 3 is 2.93 bits per heavy atom. The second-order valence-electron chi connectivity index (χ2n) is 3.11. The first-order valence-electron chi connectivity index (χ1n) is 4.66. The first-order valence-corrected chi connectivity index (χ1v) is 5.45. The molecule has 1 aromatic carbocycles. The standard InChI is InChI=1S/C11H10BrNO2/c1-2-15-7-3-4-8-9(5-7)11(14)13-6-10(8)12/h3-6H,2H2,1H3,(H,13,14). The molecule has 0 atom stereocenters. The lowest BCUT2D eigenvalue weighted by Gasteiger charge is -2.04. The van der Waals surface area contributed by atoms with E-state index in [4.69, 9.17) is 4.74 Å². The maximum Gasteiger partial charge on any atom is 0.256 e. The van der Waals surface area contributed by atoms with Gasteiger partial charge in [-0.25, -0.2) is 0 Å². The third kappa shape index (κ3) is 1.90. The maximum atomic E-state index is 11.6. The zero-order chi connectivity index (χ0) is 10.8. The van der Waals surface area contributed by atoms with Crippen molar-refractivity contribution in [2.75, 3.05) is 6.61 Å². The number of aromatic amines is 1. The van der Waals surface area contributed by atoms with Gasteiger partial charge in [0.2, 0.25) is 0 Å². The number of hydrogen-bond donors (Lipinski definition) is 1. The zero-order valence-electron chi connectivity index (χ0n) is 8.21. The number of aromatic nitrogens is 1. The molecule has 0 saturated carbocycles. The van der Waals surface area contributed by atoms with E-state index >= 15 is 0 Å². The van der Waals surface area contributed by atoms with E-state index in [1.165, 1.54) is 0 Å². The fourth-order valence-corrected chi connectivity index (χ4v) is 1.92. The second kappa shape index (κ2) is 4.06. The maximum absolute atomic E-state index is 11.6. The predicted octanol–water partition coefficient (Wildman–Crippen LogP) is 2.69. The van der Waals surface area contributed by atoms with Gasteiger partial charge in [-0.15, -0.1) is 0 Å². The summed E-state index contributed by atoms with van der Waals surface area (Å²) in [5.41, 5.74) is -0.102. The minimum atomic E-state index is -0.102. The molecule has 0 aliphatic carbocycles. The topological polar surface area (TPSA) is 42.1 Å². The van der Waals surface area contributed by atoms with E-state index in [1.54, 1.807) is 12.3 Å². The van der Waals surface area contributed by atoms with Crippen LogP contribution in [-0.4, -0.2) is 11.6 Å². The second-order valence-corrected chi connectivity index (χ2v) is 3.96. The number of rotatable bonds is 2. The van der Waals surface area contributed by atoms with Crippen molar-refractivity contribution in [2.45, 2.75) is 6.92 Å². The largest absolute Gasteiger partial charge is 0.494 e. The van der Waals surface area contributed by atoms with Crippen LogP contribution in [0.5, 0.6) is 5.75 Å². The van der Waals surface area contributed by atoms with Crippen LogP contribution in [0.3, 0.4) is 0 Å². The Balaban J connectivity index is 2.70. The predicted molar refractivity (Wildman–Crippen MR) is 63.4 cm³/mol. The minimum Gasteiger partial charge on any atom is -0.494 e. The molecule has 2 aromatic rings. The van der Waals surface area contributed by atoms with Crippen molar-refractivity contribution in [3.8, 4) is 5.75 Å². The summed E-state index contributed by atoms with van der Waals surface area (Å²) in [4.78, 5) is 14.2. The Morgan fingerprint density at radius 1 is 1.40 bits per heavy atom. The molecule has 1 heterocycles. The van der Waals surface area contributed by atoms with Crippen LogP contribution < -0.4 is 10.3 Å². The molecule has 4 heteroatoms. The summed E-state index contributed by atoms with van der Waals surface area (Å²) in [6, 6.07) is 5.48. The van der Waals surface area contributed by atoms with Gasteiger partial charge in [-0.1, -0.05) is 0 Å². The smallest absolute Gasteiger partial charge is 0.256 e. The average molecular weight is 268 g/mol. The van der Waals surface area contributed by atoms with Gasteiger partial charge in [0.05, 0.1) is 12.0 Å². The van der Waals surface area contributed by atoms with E-state index in [0.717, 1.165) is 9.86 Å². The molecule has 78 valence electrons. The summed E-state index contributed by atoms with van der Waals surface area (Å²) in [5.74, 6) is 0.716. The van der Waals surface area contributed by atoms with Crippen molar-refractivity contribution >= 4 is 26.7 Å². The van der Waals surface area contributed by atoms with Gasteiger partial charge in [0, 0.05) is 16.1 Å². The van der Waals surface area contributed by atoms with E-state index in [-0.39, 0.29) is 5.56 Å². The fraction of sp³-hybridized carbons (Fsp3) is 0.182. The normalized spacial score (nSPS) is 10.5. The highest BCUT2D eigenvalue weighted by Gasteiger charge is 2.03. The first-order chi connectivity index (χ1) is 7.22. The van der Waals surface area contributed by atoms with Gasteiger partial charge in [-0.3, -0.25) is 4.79 Å². The highest BCUT2D eigenvalue weighted by molar-refractivity contribution is 9.10. The van der Waals surface area contributed by atoms with Crippen molar-refractivity contribution in [1.82, 2.24) is 4.98 Å². The molecule has 0 fully saturated rings. The lowest BCUT2D eigenvalue weighted by molar-refractivity contribution is 0.340. The summed E-state index contributed by atoms with van der Waals surface area (Å²) in [6.07, 6.45) is 1.64. The van der Waals surface area contributed by atoms with Gasteiger partial charge >= 0.3 is 0 Å². The summed E-state index contributed by atoms with van der Waals surface area (Å²) >= 11 is 3.38. The Hall–Kier alpha value is -1.29. The van der Waals surface area contributed by atoms with Gasteiger partial charge in [0.25, 0.3) is 5.56 Å². The van der Waals surface area contributed by atoms with Crippen LogP contribution in [0.2, 0.25) is 0 Å². The Morgan fingerprint density at radius 2 is 2.20 bits per heavy atom. The van der Waals surface area contributed by atoms with Gasteiger partial charge in [-0.05, 0) is 41.1 Å². The molecule has 0 bridgehead atoms. The van der Waals surface area contributed by atoms with Crippen LogP contribution >= 0.6 is 15.9 Å². The molecule has 15 heavy (non-hydrogen) atoms. The molecule has 0 aliphatic heterocycles. The molecule has 3 nitrogen and oxygen atoms in total. The molecule has 2 rings (SSSR count). The van der Waals surface area contributed by atoms with Crippen molar-refractivity contribution in [3.63, 3.8) is 0 Å². The minimum absolute atomic E-state index is 0.102. The highest BCUT2D eigenvalue weighted by atomic mass is 79.9. The van der Waals surface area contributed by atoms with Gasteiger partial charge in [0.1, 0.15) is 5.75 Å². The van der Waals surface area contributed by atoms with E-state index in [2.05, 4.69) is 20.9 Å². The molecule has 0 radical (unpaired) electrons. The quantitative estimate of drug-likeness (QED) is 0.909. The van der Waals surface area contributed by atoms with Crippen LogP contribution in [0.15, 0.2) is 33.7 Å². The van der Waals surface area contributed by atoms with E-state index < -0.39 is 0 Å². The molecule has 1 N–H and O–H groups in total. The van der Waals surface area contributed by atoms with Crippen LogP contribution in [0, 0.1) is 0 Å². The fourth-order valence-electron chi connectivity index (χ4n) is 1.46. The molecule has 0 saturated heterocycles. The van der Waals surface area contributed by atoms with Crippen LogP contribution in [-0.2, 0) is 0 Å². The van der Waals surface area contributed by atoms with E-state index in [0.29, 0.717) is 17.7 Å². The number of benzene rings is 1. The van der Waals surface area contributed by atoms with E-state index in [9.17, 15) is 4.79 Å². The van der Waals surface area contributed by atoms with Crippen molar-refractivity contribution in [3.05, 3.63) is 39.2 Å². The number of H-pyrrole nitrogens is 1. The Kier molecular flexibility index (Phi) is 2.77. The lowest BCUT2D eigenvalue weighted by atomic mass is 10.2. The molecule has 1 aromatic heterocycles. The van der Waals surface area contributed by atoms with Crippen LogP contribution in [0.4, 0.5) is 0 Å². The number of halogens is 1. The molecule has 0 spiro atoms. The van der Waals surface area contributed by atoms with Gasteiger partial charge in [-0.2, -0.15) is 0 Å². The lowest BCUT2D eigenvalue weighted by Crippen LogP contribution is -2.05. The van der Waals surface area contributed by atoms with Gasteiger partial charge < -0.3 is 9.72 Å². The highest BCUT2D eigenvalue weighted by Crippen LogP contribution is 2.23. The summed E-state index contributed by atoms with van der Waals surface area (Å²) in [5, 5.41) is 1.53. The molecule has 0 unspecified atom stereocenters. The third-order valence-electron chi connectivity index (χ3n) is 2.13. The SMILES string of the molecule is CCOc1ccc2c(Br)c[nH]c(=O)c2c1. The van der Waals surface area contributed by atoms with Crippen LogP contribution in [0.1, 0.15) is 6.92 Å². The number of ether oxygens (including phenoxy) is 1. The van der Waals surface area contributed by atoms with E-state index in [1.807, 2.05) is 19.1 Å². The summed E-state index contributed by atoms with van der Waals surface area (Å²) in [7, 11) is 0. The number of fused-ring (bicyclic) bond motifs is 1. The van der Waals surface area contributed by atoms with Gasteiger partial charge in [0.15, 0.2) is 0 Å². The molecule has 0 aliphatic rings. The number of pyridine rings is 1. The molecular formula is C11H10BrNO2.